The number of nitrogens with zero attached hydrogens (tertiary/aromatic N) is 1. The SMILES string of the molecule is C[C@@]12C(=O)N(c3cccc(OC(=O)Cc4ccccc4)c3)C(=O)[C@@H]1C1c3ccccc3C2c2ccccc21. The molecule has 4 aromatic rings. The Kier molecular flexibility index (Phi) is 4.92. The van der Waals surface area contributed by atoms with E-state index in [0.29, 0.717) is 11.4 Å². The maximum Gasteiger partial charge on any atom is 0.315 e. The number of amides is 2. The van der Waals surface area contributed by atoms with Crippen LogP contribution in [0.4, 0.5) is 5.69 Å². The number of imide groups is 1. The molecule has 5 heteroatoms. The lowest BCUT2D eigenvalue weighted by atomic mass is 9.48. The van der Waals surface area contributed by atoms with Crippen LogP contribution in [0.2, 0.25) is 0 Å². The zero-order valence-electron chi connectivity index (χ0n) is 20.8. The molecule has 0 unspecified atom stereocenters. The Labute approximate surface area is 220 Å². The molecule has 0 spiro atoms. The van der Waals surface area contributed by atoms with Crippen molar-refractivity contribution >= 4 is 23.5 Å². The summed E-state index contributed by atoms with van der Waals surface area (Å²) in [4.78, 5) is 42.3. The molecule has 0 aromatic heterocycles. The minimum atomic E-state index is -0.912. The van der Waals surface area contributed by atoms with E-state index in [0.717, 1.165) is 27.8 Å². The number of benzene rings is 4. The van der Waals surface area contributed by atoms with Crippen molar-refractivity contribution in [2.75, 3.05) is 4.90 Å². The number of ether oxygens (including phenoxy) is 1. The number of carbonyl (C=O) groups is 3. The van der Waals surface area contributed by atoms with Gasteiger partial charge in [-0.2, -0.15) is 0 Å². The van der Waals surface area contributed by atoms with Crippen molar-refractivity contribution in [2.24, 2.45) is 11.3 Å². The van der Waals surface area contributed by atoms with E-state index in [1.165, 1.54) is 4.90 Å². The first-order valence-electron chi connectivity index (χ1n) is 12.9. The van der Waals surface area contributed by atoms with Gasteiger partial charge in [-0.25, -0.2) is 4.90 Å². The molecule has 4 aromatic carbocycles. The monoisotopic (exact) mass is 499 g/mol. The van der Waals surface area contributed by atoms with Crippen LogP contribution in [-0.2, 0) is 20.8 Å². The van der Waals surface area contributed by atoms with Crippen LogP contribution in [0.1, 0.15) is 46.6 Å². The van der Waals surface area contributed by atoms with Crippen molar-refractivity contribution in [2.45, 2.75) is 25.2 Å². The molecule has 1 fully saturated rings. The predicted molar refractivity (Wildman–Crippen MR) is 143 cm³/mol. The molecule has 1 saturated heterocycles. The van der Waals surface area contributed by atoms with Gasteiger partial charge in [-0.3, -0.25) is 14.4 Å². The van der Waals surface area contributed by atoms with Gasteiger partial charge in [0, 0.05) is 17.9 Å². The topological polar surface area (TPSA) is 63.7 Å². The van der Waals surface area contributed by atoms with Crippen LogP contribution < -0.4 is 9.64 Å². The van der Waals surface area contributed by atoms with Gasteiger partial charge in [0.1, 0.15) is 5.75 Å². The largest absolute Gasteiger partial charge is 0.426 e. The smallest absolute Gasteiger partial charge is 0.315 e. The van der Waals surface area contributed by atoms with Gasteiger partial charge >= 0.3 is 5.97 Å². The minimum Gasteiger partial charge on any atom is -0.426 e. The fraction of sp³-hybridized carbons (Fsp3) is 0.182. The standard InChI is InChI=1S/C33H25NO4/c1-33-29-25-16-7-5-14-23(25)28(24-15-6-8-17-26(24)29)30(33)31(36)34(32(33)37)21-12-9-13-22(19-21)38-27(35)18-20-10-3-2-4-11-20/h2-17,19,28-30H,18H2,1H3/t28?,29?,30-,33-/m0/s1. The number of esters is 1. The molecule has 2 bridgehead atoms. The van der Waals surface area contributed by atoms with E-state index in [2.05, 4.69) is 24.3 Å². The highest BCUT2D eigenvalue weighted by molar-refractivity contribution is 6.25. The summed E-state index contributed by atoms with van der Waals surface area (Å²) < 4.78 is 5.60. The Morgan fingerprint density at radius 1 is 0.789 bits per heavy atom. The lowest BCUT2D eigenvalue weighted by Crippen LogP contribution is -2.49. The normalized spacial score (nSPS) is 24.6. The van der Waals surface area contributed by atoms with Gasteiger partial charge in [-0.05, 0) is 46.9 Å². The van der Waals surface area contributed by atoms with E-state index in [1.54, 1.807) is 24.3 Å². The number of hydrogen-bond donors (Lipinski definition) is 0. The molecule has 0 radical (unpaired) electrons. The highest BCUT2D eigenvalue weighted by Gasteiger charge is 2.68. The summed E-state index contributed by atoms with van der Waals surface area (Å²) in [7, 11) is 0. The molecular formula is C33H25NO4. The molecule has 5 nitrogen and oxygen atoms in total. The molecule has 4 aliphatic rings. The van der Waals surface area contributed by atoms with Gasteiger partial charge in [0.25, 0.3) is 0 Å². The third-order valence-electron chi connectivity index (χ3n) is 8.51. The lowest BCUT2D eigenvalue weighted by Gasteiger charge is -2.51. The Balaban J connectivity index is 1.26. The fourth-order valence-electron chi connectivity index (χ4n) is 6.98. The van der Waals surface area contributed by atoms with Crippen molar-refractivity contribution < 1.29 is 19.1 Å². The van der Waals surface area contributed by atoms with Gasteiger partial charge in [0.15, 0.2) is 0 Å². The molecule has 186 valence electrons. The van der Waals surface area contributed by atoms with Crippen molar-refractivity contribution in [1.29, 1.82) is 0 Å². The number of carbonyl (C=O) groups excluding carboxylic acids is 3. The van der Waals surface area contributed by atoms with E-state index >= 15 is 0 Å². The maximum atomic E-state index is 14.3. The van der Waals surface area contributed by atoms with Gasteiger partial charge in [0.05, 0.1) is 23.4 Å². The highest BCUT2D eigenvalue weighted by atomic mass is 16.5. The van der Waals surface area contributed by atoms with Crippen LogP contribution in [0.5, 0.6) is 5.75 Å². The number of hydrogen-bond acceptors (Lipinski definition) is 4. The van der Waals surface area contributed by atoms with Crippen LogP contribution in [0.15, 0.2) is 103 Å². The molecule has 0 N–H and O–H groups in total. The lowest BCUT2D eigenvalue weighted by molar-refractivity contribution is -0.133. The summed E-state index contributed by atoms with van der Waals surface area (Å²) in [5.41, 5.74) is 4.88. The molecule has 0 saturated carbocycles. The molecule has 38 heavy (non-hydrogen) atoms. The summed E-state index contributed by atoms with van der Waals surface area (Å²) in [6.07, 6.45) is 0.132. The zero-order chi connectivity index (χ0) is 26.0. The molecule has 3 aliphatic carbocycles. The summed E-state index contributed by atoms with van der Waals surface area (Å²) in [5.74, 6) is -1.42. The van der Waals surface area contributed by atoms with Crippen LogP contribution >= 0.6 is 0 Å². The van der Waals surface area contributed by atoms with Crippen molar-refractivity contribution in [3.63, 3.8) is 0 Å². The summed E-state index contributed by atoms with van der Waals surface area (Å²) >= 11 is 0. The molecule has 1 heterocycles. The van der Waals surface area contributed by atoms with Gasteiger partial charge in [0.2, 0.25) is 11.8 Å². The molecule has 1 aliphatic heterocycles. The van der Waals surface area contributed by atoms with Gasteiger partial charge in [-0.15, -0.1) is 0 Å². The Bertz CT molecular complexity index is 1580. The third-order valence-corrected chi connectivity index (χ3v) is 8.51. The second-order valence-electron chi connectivity index (χ2n) is 10.5. The van der Waals surface area contributed by atoms with E-state index in [1.807, 2.05) is 61.5 Å². The van der Waals surface area contributed by atoms with Crippen LogP contribution in [0.25, 0.3) is 0 Å². The van der Waals surface area contributed by atoms with E-state index < -0.39 is 17.3 Å². The van der Waals surface area contributed by atoms with E-state index in [-0.39, 0.29) is 30.1 Å². The number of anilines is 1. The minimum absolute atomic E-state index is 0.132. The average molecular weight is 500 g/mol. The summed E-state index contributed by atoms with van der Waals surface area (Å²) in [5, 5.41) is 0. The highest BCUT2D eigenvalue weighted by Crippen LogP contribution is 2.67. The fourth-order valence-corrected chi connectivity index (χ4v) is 6.98. The number of rotatable bonds is 4. The predicted octanol–water partition coefficient (Wildman–Crippen LogP) is 5.62. The first kappa shape index (κ1) is 22.7. The zero-order valence-corrected chi connectivity index (χ0v) is 20.8. The Hall–Kier alpha value is -4.51. The first-order chi connectivity index (χ1) is 18.5. The first-order valence-corrected chi connectivity index (χ1v) is 12.9. The summed E-state index contributed by atoms with van der Waals surface area (Å²) in [6.45, 7) is 1.95. The van der Waals surface area contributed by atoms with Crippen molar-refractivity contribution in [1.82, 2.24) is 0 Å². The Morgan fingerprint density at radius 2 is 1.39 bits per heavy atom. The molecular weight excluding hydrogens is 474 g/mol. The Morgan fingerprint density at radius 3 is 2.05 bits per heavy atom. The molecule has 2 amide bonds. The maximum absolute atomic E-state index is 14.3. The third kappa shape index (κ3) is 3.08. The van der Waals surface area contributed by atoms with E-state index in [9.17, 15) is 14.4 Å². The second kappa shape index (κ2) is 8.25. The van der Waals surface area contributed by atoms with Crippen molar-refractivity contribution in [3.8, 4) is 5.75 Å². The van der Waals surface area contributed by atoms with Crippen LogP contribution in [-0.4, -0.2) is 17.8 Å². The second-order valence-corrected chi connectivity index (χ2v) is 10.5. The quantitative estimate of drug-likeness (QED) is 0.208. The van der Waals surface area contributed by atoms with Gasteiger partial charge < -0.3 is 4.74 Å². The summed E-state index contributed by atoms with van der Waals surface area (Å²) in [6, 6.07) is 32.5. The molecule has 2 atom stereocenters. The van der Waals surface area contributed by atoms with Crippen LogP contribution in [0.3, 0.4) is 0 Å². The molecule has 8 rings (SSSR count). The average Bonchev–Trinajstić information content (AvgIpc) is 3.14. The van der Waals surface area contributed by atoms with E-state index in [4.69, 9.17) is 4.74 Å². The van der Waals surface area contributed by atoms with Gasteiger partial charge in [-0.1, -0.05) is 84.9 Å². The van der Waals surface area contributed by atoms with Crippen molar-refractivity contribution in [3.05, 3.63) is 131 Å². The van der Waals surface area contributed by atoms with Crippen LogP contribution in [0, 0.1) is 11.3 Å².